The Morgan fingerprint density at radius 1 is 1.17 bits per heavy atom. The molecule has 0 unspecified atom stereocenters. The molecule has 0 bridgehead atoms. The van der Waals surface area contributed by atoms with Crippen LogP contribution in [0.3, 0.4) is 0 Å². The van der Waals surface area contributed by atoms with E-state index in [2.05, 4.69) is 12.2 Å². The van der Waals surface area contributed by atoms with Gasteiger partial charge in [0.25, 0.3) is 0 Å². The zero-order valence-corrected chi connectivity index (χ0v) is 22.4. The first-order chi connectivity index (χ1) is 17.3. The first-order valence-electron chi connectivity index (χ1n) is 13.7. The number of carbonyl (C=O) groups excluding carboxylic acids is 2. The van der Waals surface area contributed by atoms with E-state index in [4.69, 9.17) is 9.72 Å². The van der Waals surface area contributed by atoms with Crippen LogP contribution in [0.4, 0.5) is 5.13 Å². The molecule has 9 heteroatoms. The molecule has 3 aliphatic carbocycles. The number of rotatable bonds is 5. The van der Waals surface area contributed by atoms with Gasteiger partial charge in [-0.25, -0.2) is 4.98 Å². The number of amides is 2. The smallest absolute Gasteiger partial charge is 0.229 e. The zero-order valence-electron chi connectivity index (χ0n) is 21.6. The molecule has 5 rings (SSSR count). The fraction of sp³-hybridized carbons (Fsp3) is 0.815. The van der Waals surface area contributed by atoms with Gasteiger partial charge in [0.15, 0.2) is 5.13 Å². The molecule has 3 N–H and O–H groups in total. The number of hydrogen-bond donors (Lipinski definition) is 3. The lowest BCUT2D eigenvalue weighted by atomic mass is 9.47. The highest BCUT2D eigenvalue weighted by molar-refractivity contribution is 7.15. The molecule has 5 atom stereocenters. The van der Waals surface area contributed by atoms with Crippen molar-refractivity contribution in [3.8, 4) is 0 Å². The second-order valence-corrected chi connectivity index (χ2v) is 13.0. The summed E-state index contributed by atoms with van der Waals surface area (Å²) in [6, 6.07) is 0. The van der Waals surface area contributed by atoms with Crippen molar-refractivity contribution in [2.75, 3.05) is 38.2 Å². The van der Waals surface area contributed by atoms with Crippen LogP contribution in [0.1, 0.15) is 81.7 Å². The number of aliphatic hydroxyl groups excluding tert-OH is 2. The van der Waals surface area contributed by atoms with Gasteiger partial charge in [0.1, 0.15) is 0 Å². The minimum absolute atomic E-state index is 0.0103. The van der Waals surface area contributed by atoms with Crippen molar-refractivity contribution < 1.29 is 24.5 Å². The molecule has 0 radical (unpaired) electrons. The van der Waals surface area contributed by atoms with Crippen molar-refractivity contribution in [1.29, 1.82) is 0 Å². The number of hydrogen-bond acceptors (Lipinski definition) is 7. The maximum absolute atomic E-state index is 13.5. The summed E-state index contributed by atoms with van der Waals surface area (Å²) in [6.07, 6.45) is 7.07. The molecule has 1 aromatic heterocycles. The summed E-state index contributed by atoms with van der Waals surface area (Å²) in [6.45, 7) is 6.43. The SMILES string of the molecule is C[C@]1(CO)[C@H]2Cc3sc(NC(=O)C4CCCCC4)nc3[C@@H](CC(=O)N3CCOCC3)[C@]2(C)CC[C@H]1O. The molecule has 2 amide bonds. The Bertz CT molecular complexity index is 973. The van der Waals surface area contributed by atoms with E-state index in [1.165, 1.54) is 17.8 Å². The third-order valence-corrected chi connectivity index (χ3v) is 10.9. The quantitative estimate of drug-likeness (QED) is 0.550. The van der Waals surface area contributed by atoms with Crippen LogP contribution in [0.2, 0.25) is 0 Å². The predicted octanol–water partition coefficient (Wildman–Crippen LogP) is 3.33. The largest absolute Gasteiger partial charge is 0.396 e. The van der Waals surface area contributed by atoms with Gasteiger partial charge in [0.2, 0.25) is 11.8 Å². The van der Waals surface area contributed by atoms with E-state index in [-0.39, 0.29) is 41.6 Å². The Morgan fingerprint density at radius 3 is 2.58 bits per heavy atom. The van der Waals surface area contributed by atoms with Crippen molar-refractivity contribution in [3.05, 3.63) is 10.6 Å². The lowest BCUT2D eigenvalue weighted by Crippen LogP contribution is -2.58. The van der Waals surface area contributed by atoms with Crippen molar-refractivity contribution in [3.63, 3.8) is 0 Å². The number of fused-ring (bicyclic) bond motifs is 2. The van der Waals surface area contributed by atoms with Crippen molar-refractivity contribution in [1.82, 2.24) is 9.88 Å². The molecule has 2 saturated carbocycles. The van der Waals surface area contributed by atoms with Crippen LogP contribution in [0.5, 0.6) is 0 Å². The van der Waals surface area contributed by atoms with E-state index >= 15 is 0 Å². The molecule has 1 aliphatic heterocycles. The van der Waals surface area contributed by atoms with Crippen LogP contribution in [0.25, 0.3) is 0 Å². The monoisotopic (exact) mass is 519 g/mol. The lowest BCUT2D eigenvalue weighted by molar-refractivity contribution is -0.149. The Hall–Kier alpha value is -1.55. The number of carbonyl (C=O) groups is 2. The average molecular weight is 520 g/mol. The highest BCUT2D eigenvalue weighted by Gasteiger charge is 2.59. The first-order valence-corrected chi connectivity index (χ1v) is 14.5. The highest BCUT2D eigenvalue weighted by atomic mass is 32.1. The molecular formula is C27H41N3O5S. The molecule has 0 aromatic carbocycles. The molecule has 200 valence electrons. The van der Waals surface area contributed by atoms with Crippen molar-refractivity contribution in [2.24, 2.45) is 22.7 Å². The number of ether oxygens (including phenoxy) is 1. The van der Waals surface area contributed by atoms with Crippen LogP contribution in [0, 0.1) is 22.7 Å². The van der Waals surface area contributed by atoms with Gasteiger partial charge in [-0.15, -0.1) is 11.3 Å². The summed E-state index contributed by atoms with van der Waals surface area (Å²) in [7, 11) is 0. The zero-order chi connectivity index (χ0) is 25.5. The summed E-state index contributed by atoms with van der Waals surface area (Å²) < 4.78 is 5.45. The first kappa shape index (κ1) is 26.1. The number of aliphatic hydroxyl groups is 2. The summed E-state index contributed by atoms with van der Waals surface area (Å²) in [5.74, 6) is 0.0914. The van der Waals surface area contributed by atoms with Gasteiger partial charge in [-0.3, -0.25) is 9.59 Å². The van der Waals surface area contributed by atoms with Gasteiger partial charge in [0, 0.05) is 41.6 Å². The third-order valence-electron chi connectivity index (χ3n) is 9.84. The normalized spacial score (nSPS) is 35.1. The molecule has 4 aliphatic rings. The van der Waals surface area contributed by atoms with Crippen LogP contribution in [0.15, 0.2) is 0 Å². The van der Waals surface area contributed by atoms with Gasteiger partial charge in [-0.2, -0.15) is 0 Å². The van der Waals surface area contributed by atoms with Crippen molar-refractivity contribution >= 4 is 28.3 Å². The average Bonchev–Trinajstić information content (AvgIpc) is 3.30. The summed E-state index contributed by atoms with van der Waals surface area (Å²) >= 11 is 1.51. The molecule has 36 heavy (non-hydrogen) atoms. The van der Waals surface area contributed by atoms with Crippen LogP contribution in [-0.2, 0) is 20.7 Å². The lowest BCUT2D eigenvalue weighted by Gasteiger charge is -2.58. The van der Waals surface area contributed by atoms with Gasteiger partial charge in [0.05, 0.1) is 31.6 Å². The highest BCUT2D eigenvalue weighted by Crippen LogP contribution is 2.63. The molecule has 0 spiro atoms. The minimum Gasteiger partial charge on any atom is -0.396 e. The number of morpholine rings is 1. The van der Waals surface area contributed by atoms with Crippen LogP contribution < -0.4 is 5.32 Å². The minimum atomic E-state index is -0.652. The molecule has 2 heterocycles. The predicted molar refractivity (Wildman–Crippen MR) is 138 cm³/mol. The fourth-order valence-electron chi connectivity index (χ4n) is 7.39. The van der Waals surface area contributed by atoms with E-state index in [0.29, 0.717) is 50.7 Å². The van der Waals surface area contributed by atoms with E-state index in [1.54, 1.807) is 0 Å². The second kappa shape index (κ2) is 10.3. The summed E-state index contributed by atoms with van der Waals surface area (Å²) in [5.41, 5.74) is -0.0128. The van der Waals surface area contributed by atoms with Gasteiger partial charge < -0.3 is 25.2 Å². The molecule has 1 saturated heterocycles. The number of thiazole rings is 1. The maximum atomic E-state index is 13.5. The Kier molecular flexibility index (Phi) is 7.47. The van der Waals surface area contributed by atoms with Crippen molar-refractivity contribution in [2.45, 2.75) is 83.7 Å². The summed E-state index contributed by atoms with van der Waals surface area (Å²) in [4.78, 5) is 34.3. The Balaban J connectivity index is 1.46. The van der Waals surface area contributed by atoms with Gasteiger partial charge in [-0.1, -0.05) is 33.1 Å². The van der Waals surface area contributed by atoms with E-state index in [1.807, 2.05) is 11.8 Å². The topological polar surface area (TPSA) is 112 Å². The van der Waals surface area contributed by atoms with Crippen LogP contribution in [-0.4, -0.2) is 70.9 Å². The molecule has 1 aromatic rings. The van der Waals surface area contributed by atoms with E-state index < -0.39 is 11.5 Å². The third kappa shape index (κ3) is 4.61. The standard InChI is InChI=1S/C27H41N3O5S/c1-26-9-8-21(32)27(2,16-31)20(26)15-19-23(18(26)14-22(33)30-10-12-35-13-11-30)28-25(36-19)29-24(34)17-6-4-3-5-7-17/h17-18,20-21,31-32H,3-16H2,1-2H3,(H,28,29,34)/t18-,20+,21-,26+,27+/m1/s1. The Morgan fingerprint density at radius 2 is 1.89 bits per heavy atom. The summed E-state index contributed by atoms with van der Waals surface area (Å²) in [5, 5.41) is 25.1. The number of nitrogens with zero attached hydrogens (tertiary/aromatic N) is 2. The number of nitrogens with one attached hydrogen (secondary N) is 1. The van der Waals surface area contributed by atoms with Gasteiger partial charge in [-0.05, 0) is 43.4 Å². The molecular weight excluding hydrogens is 478 g/mol. The Labute approximate surface area is 217 Å². The van der Waals surface area contributed by atoms with Crippen LogP contribution >= 0.6 is 11.3 Å². The molecule has 8 nitrogen and oxygen atoms in total. The molecule has 3 fully saturated rings. The van der Waals surface area contributed by atoms with E-state index in [9.17, 15) is 19.8 Å². The number of aromatic nitrogens is 1. The van der Waals surface area contributed by atoms with E-state index in [0.717, 1.165) is 42.7 Å². The second-order valence-electron chi connectivity index (χ2n) is 11.9. The van der Waals surface area contributed by atoms with Gasteiger partial charge >= 0.3 is 0 Å². The number of anilines is 1. The maximum Gasteiger partial charge on any atom is 0.229 e. The fourth-order valence-corrected chi connectivity index (χ4v) is 8.46.